The van der Waals surface area contributed by atoms with E-state index in [1.165, 1.54) is 17.0 Å². The summed E-state index contributed by atoms with van der Waals surface area (Å²) in [4.78, 5) is 38.2. The summed E-state index contributed by atoms with van der Waals surface area (Å²) in [6.07, 6.45) is -3.86. The van der Waals surface area contributed by atoms with Gasteiger partial charge in [-0.3, -0.25) is 14.4 Å². The molecule has 0 saturated carbocycles. The Hall–Kier alpha value is -3.16. The van der Waals surface area contributed by atoms with Gasteiger partial charge in [-0.05, 0) is 31.0 Å². The van der Waals surface area contributed by atoms with E-state index in [0.717, 1.165) is 24.1 Å². The largest absolute Gasteiger partial charge is 0.418 e. The summed E-state index contributed by atoms with van der Waals surface area (Å²) in [6.45, 7) is 3.44. The highest BCUT2D eigenvalue weighted by atomic mass is 19.4. The van der Waals surface area contributed by atoms with Crippen molar-refractivity contribution in [3.8, 4) is 0 Å². The average Bonchev–Trinajstić information content (AvgIpc) is 2.75. The van der Waals surface area contributed by atoms with Gasteiger partial charge in [0.05, 0.1) is 17.8 Å². The number of hydrogen-bond donors (Lipinski definition) is 1. The zero-order valence-corrected chi connectivity index (χ0v) is 17.5. The number of ketones is 1. The highest BCUT2D eigenvalue weighted by molar-refractivity contribution is 5.99. The molecular weight excluding hydrogens is 409 g/mol. The molecular formula is C23H25F3N2O3. The maximum atomic E-state index is 13.1. The molecule has 0 atom stereocenters. The quantitative estimate of drug-likeness (QED) is 0.581. The van der Waals surface area contributed by atoms with Crippen molar-refractivity contribution in [1.29, 1.82) is 0 Å². The standard InChI is InChI=1S/C23H25F3N2O3/c1-3-16-9-11-17(12-10-16)20(29)13-14-22(31)28(4-2)15-21(30)27-19-8-6-5-7-18(19)23(24,25)26/h5-12H,3-4,13-15H2,1-2H3,(H,27,30). The first-order valence-corrected chi connectivity index (χ1v) is 10.0. The third kappa shape index (κ3) is 6.94. The van der Waals surface area contributed by atoms with E-state index in [1.54, 1.807) is 19.1 Å². The minimum absolute atomic E-state index is 0.0146. The van der Waals surface area contributed by atoms with Crippen LogP contribution in [0, 0.1) is 0 Å². The molecule has 0 heterocycles. The minimum Gasteiger partial charge on any atom is -0.334 e. The minimum atomic E-state index is -4.61. The number of aryl methyl sites for hydroxylation is 1. The molecule has 31 heavy (non-hydrogen) atoms. The Morgan fingerprint density at radius 3 is 2.16 bits per heavy atom. The van der Waals surface area contributed by atoms with Gasteiger partial charge in [0, 0.05) is 24.9 Å². The number of nitrogens with one attached hydrogen (secondary N) is 1. The Bertz CT molecular complexity index is 924. The van der Waals surface area contributed by atoms with Crippen LogP contribution < -0.4 is 5.32 Å². The highest BCUT2D eigenvalue weighted by Gasteiger charge is 2.33. The van der Waals surface area contributed by atoms with Crippen molar-refractivity contribution in [1.82, 2.24) is 4.90 Å². The van der Waals surface area contributed by atoms with Crippen LogP contribution >= 0.6 is 0 Å². The van der Waals surface area contributed by atoms with E-state index in [1.807, 2.05) is 19.1 Å². The van der Waals surface area contributed by atoms with Gasteiger partial charge in [0.15, 0.2) is 5.78 Å². The van der Waals surface area contributed by atoms with E-state index in [4.69, 9.17) is 0 Å². The van der Waals surface area contributed by atoms with Crippen LogP contribution in [-0.4, -0.2) is 35.6 Å². The summed E-state index contributed by atoms with van der Waals surface area (Å²) in [7, 11) is 0. The lowest BCUT2D eigenvalue weighted by atomic mass is 10.0. The average molecular weight is 434 g/mol. The van der Waals surface area contributed by atoms with Crippen LogP contribution in [0.2, 0.25) is 0 Å². The van der Waals surface area contributed by atoms with Gasteiger partial charge in [-0.2, -0.15) is 13.2 Å². The second-order valence-corrected chi connectivity index (χ2v) is 6.97. The van der Waals surface area contributed by atoms with Gasteiger partial charge in [-0.1, -0.05) is 43.3 Å². The summed E-state index contributed by atoms with van der Waals surface area (Å²) < 4.78 is 39.2. The molecule has 0 aromatic heterocycles. The Kier molecular flexibility index (Phi) is 8.36. The number of Topliss-reactive ketones (excluding diaryl/α,β-unsaturated/α-hetero) is 1. The maximum absolute atomic E-state index is 13.1. The fourth-order valence-corrected chi connectivity index (χ4v) is 3.03. The van der Waals surface area contributed by atoms with Crippen LogP contribution in [0.5, 0.6) is 0 Å². The zero-order chi connectivity index (χ0) is 23.0. The second-order valence-electron chi connectivity index (χ2n) is 6.97. The zero-order valence-electron chi connectivity index (χ0n) is 17.5. The summed E-state index contributed by atoms with van der Waals surface area (Å²) in [5.74, 6) is -1.34. The van der Waals surface area contributed by atoms with Crippen LogP contribution in [0.1, 0.15) is 48.2 Å². The number of amides is 2. The first-order chi connectivity index (χ1) is 14.7. The number of carbonyl (C=O) groups is 3. The second kappa shape index (κ2) is 10.7. The molecule has 0 spiro atoms. The SMILES string of the molecule is CCc1ccc(C(=O)CCC(=O)N(CC)CC(=O)Nc2ccccc2C(F)(F)F)cc1. The third-order valence-corrected chi connectivity index (χ3v) is 4.83. The Morgan fingerprint density at radius 1 is 0.935 bits per heavy atom. The third-order valence-electron chi connectivity index (χ3n) is 4.83. The van der Waals surface area contributed by atoms with Crippen molar-refractivity contribution < 1.29 is 27.6 Å². The summed E-state index contributed by atoms with van der Waals surface area (Å²) in [5.41, 5.74) is 0.282. The molecule has 8 heteroatoms. The molecule has 166 valence electrons. The van der Waals surface area contributed by atoms with Gasteiger partial charge >= 0.3 is 6.18 Å². The van der Waals surface area contributed by atoms with Crippen LogP contribution in [0.4, 0.5) is 18.9 Å². The van der Waals surface area contributed by atoms with E-state index in [-0.39, 0.29) is 30.9 Å². The van der Waals surface area contributed by atoms with Crippen LogP contribution in [0.3, 0.4) is 0 Å². The predicted octanol–water partition coefficient (Wildman–Crippen LogP) is 4.72. The van der Waals surface area contributed by atoms with Crippen molar-refractivity contribution in [2.24, 2.45) is 0 Å². The number of para-hydroxylation sites is 1. The van der Waals surface area contributed by atoms with Gasteiger partial charge < -0.3 is 10.2 Å². The summed E-state index contributed by atoms with van der Waals surface area (Å²) in [5, 5.41) is 2.22. The van der Waals surface area contributed by atoms with Crippen molar-refractivity contribution >= 4 is 23.3 Å². The molecule has 0 aliphatic carbocycles. The lowest BCUT2D eigenvalue weighted by molar-refractivity contribution is -0.137. The molecule has 2 amide bonds. The Balaban J connectivity index is 1.94. The number of halogens is 3. The number of hydrogen-bond acceptors (Lipinski definition) is 3. The molecule has 2 aromatic rings. The number of benzene rings is 2. The molecule has 0 saturated heterocycles. The molecule has 0 aliphatic rings. The van der Waals surface area contributed by atoms with Gasteiger partial charge in [0.1, 0.15) is 0 Å². The van der Waals surface area contributed by atoms with E-state index in [9.17, 15) is 27.6 Å². The van der Waals surface area contributed by atoms with Crippen LogP contribution in [0.15, 0.2) is 48.5 Å². The highest BCUT2D eigenvalue weighted by Crippen LogP contribution is 2.34. The van der Waals surface area contributed by atoms with E-state index < -0.39 is 30.1 Å². The number of rotatable bonds is 9. The molecule has 0 unspecified atom stereocenters. The maximum Gasteiger partial charge on any atom is 0.418 e. The monoisotopic (exact) mass is 434 g/mol. The first-order valence-electron chi connectivity index (χ1n) is 10.0. The number of carbonyl (C=O) groups excluding carboxylic acids is 3. The molecule has 0 aliphatic heterocycles. The fourth-order valence-electron chi connectivity index (χ4n) is 3.03. The van der Waals surface area contributed by atoms with Gasteiger partial charge in [0.2, 0.25) is 11.8 Å². The lowest BCUT2D eigenvalue weighted by Gasteiger charge is -2.21. The fraction of sp³-hybridized carbons (Fsp3) is 0.348. The van der Waals surface area contributed by atoms with Crippen molar-refractivity contribution in [3.63, 3.8) is 0 Å². The van der Waals surface area contributed by atoms with Crippen LogP contribution in [0.25, 0.3) is 0 Å². The Morgan fingerprint density at radius 2 is 1.58 bits per heavy atom. The van der Waals surface area contributed by atoms with Crippen molar-refractivity contribution in [2.75, 3.05) is 18.4 Å². The first kappa shape index (κ1) is 24.1. The topological polar surface area (TPSA) is 66.5 Å². The van der Waals surface area contributed by atoms with E-state index in [2.05, 4.69) is 5.32 Å². The van der Waals surface area contributed by atoms with Crippen molar-refractivity contribution in [2.45, 2.75) is 39.3 Å². The van der Waals surface area contributed by atoms with E-state index >= 15 is 0 Å². The number of anilines is 1. The van der Waals surface area contributed by atoms with Gasteiger partial charge in [-0.25, -0.2) is 0 Å². The molecule has 0 bridgehead atoms. The van der Waals surface area contributed by atoms with Gasteiger partial charge in [-0.15, -0.1) is 0 Å². The molecule has 0 radical (unpaired) electrons. The predicted molar refractivity (Wildman–Crippen MR) is 112 cm³/mol. The van der Waals surface area contributed by atoms with Crippen molar-refractivity contribution in [3.05, 3.63) is 65.2 Å². The number of nitrogens with zero attached hydrogens (tertiary/aromatic N) is 1. The normalized spacial score (nSPS) is 11.1. The molecule has 5 nitrogen and oxygen atoms in total. The number of alkyl halides is 3. The lowest BCUT2D eigenvalue weighted by Crippen LogP contribution is -2.38. The summed E-state index contributed by atoms with van der Waals surface area (Å²) >= 11 is 0. The Labute approximate surface area is 179 Å². The van der Waals surface area contributed by atoms with E-state index in [0.29, 0.717) is 5.56 Å². The molecule has 2 aromatic carbocycles. The molecule has 1 N–H and O–H groups in total. The smallest absolute Gasteiger partial charge is 0.334 e. The summed E-state index contributed by atoms with van der Waals surface area (Å²) in [6, 6.07) is 11.8. The number of likely N-dealkylation sites (N-methyl/N-ethyl adjacent to an activating group) is 1. The molecule has 0 fully saturated rings. The molecule has 2 rings (SSSR count). The van der Waals surface area contributed by atoms with Gasteiger partial charge in [0.25, 0.3) is 0 Å². The van der Waals surface area contributed by atoms with Crippen LogP contribution in [-0.2, 0) is 22.2 Å².